The molecule has 2 rings (SSSR count). The van der Waals surface area contributed by atoms with Crippen LogP contribution in [-0.4, -0.2) is 68.1 Å². The van der Waals surface area contributed by atoms with Crippen LogP contribution in [0.15, 0.2) is 24.3 Å². The summed E-state index contributed by atoms with van der Waals surface area (Å²) in [5.74, 6) is -0.799. The summed E-state index contributed by atoms with van der Waals surface area (Å²) in [6.45, 7) is 1.98. The number of sulfone groups is 1. The number of unbranched alkanes of at least 4 members (excludes halogenated alkanes) is 1. The third-order valence-corrected chi connectivity index (χ3v) is 6.43. The Balaban J connectivity index is 1.93. The molecule has 1 aromatic carbocycles. The molecule has 1 fully saturated rings. The van der Waals surface area contributed by atoms with Gasteiger partial charge in [-0.2, -0.15) is 0 Å². The van der Waals surface area contributed by atoms with Crippen molar-refractivity contribution in [3.05, 3.63) is 29.8 Å². The molecular formula is C20H27NO7S. The molecule has 0 bridgehead atoms. The van der Waals surface area contributed by atoms with Gasteiger partial charge in [-0.25, -0.2) is 13.2 Å². The van der Waals surface area contributed by atoms with Gasteiger partial charge in [0.1, 0.15) is 0 Å². The van der Waals surface area contributed by atoms with E-state index in [1.165, 1.54) is 30.2 Å². The zero-order chi connectivity index (χ0) is 21.4. The van der Waals surface area contributed by atoms with E-state index in [4.69, 9.17) is 9.47 Å². The summed E-state index contributed by atoms with van der Waals surface area (Å²) in [6.07, 6.45) is 4.68. The number of hydrogen-bond donors (Lipinski definition) is 1. The van der Waals surface area contributed by atoms with Gasteiger partial charge >= 0.3 is 5.97 Å². The highest BCUT2D eigenvalue weighted by molar-refractivity contribution is 7.91. The Kier molecular flexibility index (Phi) is 8.07. The lowest BCUT2D eigenvalue weighted by molar-refractivity contribution is -0.149. The van der Waals surface area contributed by atoms with Gasteiger partial charge in [0.2, 0.25) is 0 Å². The van der Waals surface area contributed by atoms with Gasteiger partial charge in [-0.15, -0.1) is 0 Å². The van der Waals surface area contributed by atoms with Crippen molar-refractivity contribution in [2.45, 2.75) is 32.2 Å². The molecular weight excluding hydrogens is 398 g/mol. The quantitative estimate of drug-likeness (QED) is 0.474. The molecule has 0 radical (unpaired) electrons. The normalized spacial score (nSPS) is 17.9. The summed E-state index contributed by atoms with van der Waals surface area (Å²) in [5, 5.41) is 9.57. The molecule has 0 spiro atoms. The van der Waals surface area contributed by atoms with E-state index in [0.717, 1.165) is 12.8 Å². The summed E-state index contributed by atoms with van der Waals surface area (Å²) in [7, 11) is -1.70. The van der Waals surface area contributed by atoms with E-state index in [1.54, 1.807) is 12.1 Å². The average Bonchev–Trinajstić information content (AvgIpc) is 3.05. The topological polar surface area (TPSA) is 110 Å². The second-order valence-electron chi connectivity index (χ2n) is 6.87. The zero-order valence-corrected chi connectivity index (χ0v) is 17.5. The molecule has 1 aliphatic heterocycles. The highest BCUT2D eigenvalue weighted by Crippen LogP contribution is 2.26. The Bertz CT molecular complexity index is 864. The molecule has 1 aliphatic rings. The fourth-order valence-corrected chi connectivity index (χ4v) is 4.82. The van der Waals surface area contributed by atoms with E-state index in [0.29, 0.717) is 18.5 Å². The summed E-state index contributed by atoms with van der Waals surface area (Å²) in [5.41, 5.74) is 0.615. The van der Waals surface area contributed by atoms with E-state index in [2.05, 4.69) is 0 Å². The fourth-order valence-electron chi connectivity index (χ4n) is 3.09. The van der Waals surface area contributed by atoms with Crippen LogP contribution in [0.3, 0.4) is 0 Å². The monoisotopic (exact) mass is 425 g/mol. The molecule has 160 valence electrons. The van der Waals surface area contributed by atoms with Crippen LogP contribution in [-0.2, 0) is 24.2 Å². The molecule has 29 heavy (non-hydrogen) atoms. The number of amides is 1. The minimum Gasteiger partial charge on any atom is -0.504 e. The first kappa shape index (κ1) is 22.7. The highest BCUT2D eigenvalue weighted by Gasteiger charge is 2.34. The zero-order valence-electron chi connectivity index (χ0n) is 16.7. The number of benzene rings is 1. The van der Waals surface area contributed by atoms with E-state index in [1.807, 2.05) is 6.92 Å². The fraction of sp³-hybridized carbons (Fsp3) is 0.500. The predicted octanol–water partition coefficient (Wildman–Crippen LogP) is 1.77. The molecule has 8 nitrogen and oxygen atoms in total. The second kappa shape index (κ2) is 10.3. The summed E-state index contributed by atoms with van der Waals surface area (Å²) in [4.78, 5) is 26.0. The summed E-state index contributed by atoms with van der Waals surface area (Å²) >= 11 is 0. The van der Waals surface area contributed by atoms with Crippen molar-refractivity contribution in [1.82, 2.24) is 4.90 Å². The number of carbonyl (C=O) groups is 2. The first-order valence-electron chi connectivity index (χ1n) is 9.47. The summed E-state index contributed by atoms with van der Waals surface area (Å²) in [6, 6.07) is 4.23. The van der Waals surface area contributed by atoms with Crippen LogP contribution in [0.25, 0.3) is 6.08 Å². The Hall–Kier alpha value is -2.55. The Labute approximate surface area is 171 Å². The van der Waals surface area contributed by atoms with Crippen molar-refractivity contribution in [3.63, 3.8) is 0 Å². The SMILES string of the molecule is CCCCN(C(=O)COC(=O)/C=C/c1ccc(O)c(OC)c1)[C@H]1CCS(=O)(=O)C1. The molecule has 9 heteroatoms. The lowest BCUT2D eigenvalue weighted by Crippen LogP contribution is -2.43. The molecule has 1 heterocycles. The molecule has 0 aromatic heterocycles. The number of ether oxygens (including phenoxy) is 2. The number of hydrogen-bond acceptors (Lipinski definition) is 7. The molecule has 1 aromatic rings. The van der Waals surface area contributed by atoms with Crippen LogP contribution in [0.1, 0.15) is 31.7 Å². The first-order chi connectivity index (χ1) is 13.8. The minimum absolute atomic E-state index is 0.0149. The standard InChI is InChI=1S/C20H27NO7S/c1-3-4-10-21(16-9-11-29(25,26)14-16)19(23)13-28-20(24)8-6-15-5-7-17(22)18(12-15)27-2/h5-8,12,16,22H,3-4,9-11,13-14H2,1-2H3/b8-6+/t16-/m0/s1. The van der Waals surface area contributed by atoms with Crippen LogP contribution in [0.4, 0.5) is 0 Å². The molecule has 0 saturated carbocycles. The molecule has 1 amide bonds. The third-order valence-electron chi connectivity index (χ3n) is 4.68. The van der Waals surface area contributed by atoms with Gasteiger partial charge in [0.05, 0.1) is 18.6 Å². The maximum Gasteiger partial charge on any atom is 0.331 e. The Morgan fingerprint density at radius 1 is 1.34 bits per heavy atom. The first-order valence-corrected chi connectivity index (χ1v) is 11.3. The molecule has 0 aliphatic carbocycles. The number of phenols is 1. The van der Waals surface area contributed by atoms with Crippen LogP contribution < -0.4 is 4.74 Å². The van der Waals surface area contributed by atoms with E-state index < -0.39 is 28.3 Å². The molecule has 0 unspecified atom stereocenters. The highest BCUT2D eigenvalue weighted by atomic mass is 32.2. The van der Waals surface area contributed by atoms with Crippen molar-refractivity contribution in [2.24, 2.45) is 0 Å². The number of methoxy groups -OCH3 is 1. The maximum absolute atomic E-state index is 12.5. The molecule has 1 saturated heterocycles. The molecule has 1 atom stereocenters. The third kappa shape index (κ3) is 6.77. The van der Waals surface area contributed by atoms with Crippen LogP contribution in [0.2, 0.25) is 0 Å². The van der Waals surface area contributed by atoms with Crippen molar-refractivity contribution < 1.29 is 32.6 Å². The van der Waals surface area contributed by atoms with Gasteiger partial charge in [-0.1, -0.05) is 19.4 Å². The predicted molar refractivity (Wildman–Crippen MR) is 108 cm³/mol. The Morgan fingerprint density at radius 2 is 2.10 bits per heavy atom. The number of rotatable bonds is 9. The number of phenolic OH excluding ortho intramolecular Hbond substituents is 1. The van der Waals surface area contributed by atoms with Crippen molar-refractivity contribution in [3.8, 4) is 11.5 Å². The van der Waals surface area contributed by atoms with E-state index in [-0.39, 0.29) is 29.0 Å². The number of nitrogens with zero attached hydrogens (tertiary/aromatic N) is 1. The smallest absolute Gasteiger partial charge is 0.331 e. The van der Waals surface area contributed by atoms with E-state index in [9.17, 15) is 23.1 Å². The van der Waals surface area contributed by atoms with Gasteiger partial charge in [-0.3, -0.25) is 4.79 Å². The maximum atomic E-state index is 12.5. The minimum atomic E-state index is -3.12. The number of carbonyl (C=O) groups excluding carboxylic acids is 2. The van der Waals surface area contributed by atoms with Crippen molar-refractivity contribution in [1.29, 1.82) is 0 Å². The number of esters is 1. The van der Waals surface area contributed by atoms with E-state index >= 15 is 0 Å². The van der Waals surface area contributed by atoms with Crippen LogP contribution in [0.5, 0.6) is 11.5 Å². The van der Waals surface area contributed by atoms with Crippen molar-refractivity contribution >= 4 is 27.8 Å². The van der Waals surface area contributed by atoms with Crippen molar-refractivity contribution in [2.75, 3.05) is 31.8 Å². The van der Waals surface area contributed by atoms with Gasteiger partial charge in [0.25, 0.3) is 5.91 Å². The lowest BCUT2D eigenvalue weighted by atomic mass is 10.2. The van der Waals surface area contributed by atoms with Crippen LogP contribution >= 0.6 is 0 Å². The van der Waals surface area contributed by atoms with Gasteiger partial charge < -0.3 is 19.5 Å². The molecule has 1 N–H and O–H groups in total. The number of aromatic hydroxyl groups is 1. The van der Waals surface area contributed by atoms with Gasteiger partial charge in [0.15, 0.2) is 27.9 Å². The van der Waals surface area contributed by atoms with Crippen LogP contribution in [0, 0.1) is 0 Å². The second-order valence-corrected chi connectivity index (χ2v) is 9.10. The lowest BCUT2D eigenvalue weighted by Gasteiger charge is -2.28. The van der Waals surface area contributed by atoms with Gasteiger partial charge in [0, 0.05) is 18.7 Å². The largest absolute Gasteiger partial charge is 0.504 e. The van der Waals surface area contributed by atoms with Gasteiger partial charge in [-0.05, 0) is 36.6 Å². The summed E-state index contributed by atoms with van der Waals surface area (Å²) < 4.78 is 33.5. The average molecular weight is 426 g/mol. The Morgan fingerprint density at radius 3 is 2.72 bits per heavy atom.